The molecule has 2 aromatic heterocycles. The Balaban J connectivity index is 0.00000154. The number of rotatable bonds is 4. The first-order chi connectivity index (χ1) is 18.0. The van der Waals surface area contributed by atoms with Gasteiger partial charge in [0.15, 0.2) is 0 Å². The average Bonchev–Trinajstić information content (AvgIpc) is 3.61. The number of amides is 2. The van der Waals surface area contributed by atoms with Crippen molar-refractivity contribution in [1.29, 1.82) is 0 Å². The number of carbonyl (C=O) groups is 2. The smallest absolute Gasteiger partial charge is 0.272 e. The fourth-order valence-electron chi connectivity index (χ4n) is 6.58. The Hall–Kier alpha value is -3.72. The number of nitrogens with zero attached hydrogens (tertiary/aromatic N) is 5. The third-order valence-electron chi connectivity index (χ3n) is 8.32. The lowest BCUT2D eigenvalue weighted by atomic mass is 9.60. The van der Waals surface area contributed by atoms with Gasteiger partial charge in [-0.2, -0.15) is 15.4 Å². The standard InChI is InChI=1S/C27H25ClN6O3.2H2/c1-2-37-25-9-24(29-22-8-15(28)4-5-16(22)25)27(36)34-12-19-17-10-33(11-18(17)20(19)13-34)26(35)14-3-6-21-23(7-14)31-32-30-21;;/h3-9,17-20H,2,10-13H2,1H3,(H,30,31,32);2*1H/t17-,18+,19?,20?;;. The maximum absolute atomic E-state index is 13.5. The van der Waals surface area contributed by atoms with Crippen LogP contribution >= 0.6 is 11.6 Å². The van der Waals surface area contributed by atoms with Crippen LogP contribution in [0.1, 0.15) is 30.6 Å². The minimum absolute atomic E-state index is 0. The predicted molar refractivity (Wildman–Crippen MR) is 142 cm³/mol. The second kappa shape index (κ2) is 8.41. The Labute approximate surface area is 220 Å². The second-order valence-electron chi connectivity index (χ2n) is 10.2. The van der Waals surface area contributed by atoms with Gasteiger partial charge in [0.1, 0.15) is 22.5 Å². The first-order valence-electron chi connectivity index (χ1n) is 12.6. The maximum atomic E-state index is 13.5. The summed E-state index contributed by atoms with van der Waals surface area (Å²) in [5, 5.41) is 12.2. The van der Waals surface area contributed by atoms with E-state index in [0.29, 0.717) is 76.4 Å². The summed E-state index contributed by atoms with van der Waals surface area (Å²) in [4.78, 5) is 35.2. The van der Waals surface area contributed by atoms with Gasteiger partial charge in [-0.3, -0.25) is 9.59 Å². The highest BCUT2D eigenvalue weighted by Gasteiger charge is 2.59. The molecule has 2 aliphatic heterocycles. The van der Waals surface area contributed by atoms with Crippen LogP contribution in [0.15, 0.2) is 42.5 Å². The number of H-pyrrole nitrogens is 1. The molecule has 37 heavy (non-hydrogen) atoms. The molecule has 1 N–H and O–H groups in total. The van der Waals surface area contributed by atoms with Crippen LogP contribution in [0.4, 0.5) is 0 Å². The molecule has 4 atom stereocenters. The van der Waals surface area contributed by atoms with Gasteiger partial charge in [0, 0.05) is 51.1 Å². The molecule has 0 bridgehead atoms. The Bertz CT molecular complexity index is 1560. The summed E-state index contributed by atoms with van der Waals surface area (Å²) in [5.74, 6) is 2.26. The van der Waals surface area contributed by atoms with E-state index in [4.69, 9.17) is 16.3 Å². The zero-order valence-corrected chi connectivity index (χ0v) is 21.0. The number of hydrogen-bond acceptors (Lipinski definition) is 6. The Morgan fingerprint density at radius 3 is 2.30 bits per heavy atom. The van der Waals surface area contributed by atoms with Crippen LogP contribution < -0.4 is 4.74 Å². The summed E-state index contributed by atoms with van der Waals surface area (Å²) in [6, 6.07) is 12.6. The summed E-state index contributed by atoms with van der Waals surface area (Å²) in [7, 11) is 0. The van der Waals surface area contributed by atoms with Gasteiger partial charge < -0.3 is 14.5 Å². The van der Waals surface area contributed by atoms with Crippen molar-refractivity contribution in [2.45, 2.75) is 6.92 Å². The fraction of sp³-hybridized carbons (Fsp3) is 0.370. The summed E-state index contributed by atoms with van der Waals surface area (Å²) >= 11 is 6.19. The molecule has 2 aromatic carbocycles. The zero-order chi connectivity index (χ0) is 25.3. The molecule has 3 aliphatic rings. The van der Waals surface area contributed by atoms with Crippen LogP contribution in [-0.2, 0) is 0 Å². The quantitative estimate of drug-likeness (QED) is 0.433. The van der Waals surface area contributed by atoms with Crippen molar-refractivity contribution in [2.24, 2.45) is 23.7 Å². The number of aromatic amines is 1. The third kappa shape index (κ3) is 3.55. The Kier molecular flexibility index (Phi) is 5.11. The number of aromatic nitrogens is 4. The van der Waals surface area contributed by atoms with E-state index in [1.54, 1.807) is 24.3 Å². The maximum Gasteiger partial charge on any atom is 0.272 e. The number of likely N-dealkylation sites (tertiary alicyclic amines) is 2. The van der Waals surface area contributed by atoms with E-state index in [1.807, 2.05) is 34.9 Å². The molecule has 4 heterocycles. The average molecular weight is 521 g/mol. The van der Waals surface area contributed by atoms with Gasteiger partial charge in [0.2, 0.25) is 0 Å². The molecule has 1 aliphatic carbocycles. The number of nitrogens with one attached hydrogen (secondary N) is 1. The fourth-order valence-corrected chi connectivity index (χ4v) is 6.74. The van der Waals surface area contributed by atoms with E-state index in [0.717, 1.165) is 24.0 Å². The minimum Gasteiger partial charge on any atom is -0.493 e. The monoisotopic (exact) mass is 520 g/mol. The number of carbonyl (C=O) groups excluding carboxylic acids is 2. The number of pyridine rings is 1. The molecule has 3 fully saturated rings. The molecule has 7 rings (SSSR count). The van der Waals surface area contributed by atoms with E-state index < -0.39 is 0 Å². The Morgan fingerprint density at radius 1 is 0.919 bits per heavy atom. The lowest BCUT2D eigenvalue weighted by Crippen LogP contribution is -2.44. The number of fused-ring (bicyclic) bond motifs is 6. The summed E-state index contributed by atoms with van der Waals surface area (Å²) in [5.41, 5.74) is 3.10. The second-order valence-corrected chi connectivity index (χ2v) is 10.6. The van der Waals surface area contributed by atoms with Crippen LogP contribution in [-0.4, -0.2) is 74.8 Å². The van der Waals surface area contributed by atoms with Crippen molar-refractivity contribution in [2.75, 3.05) is 32.8 Å². The molecule has 2 unspecified atom stereocenters. The molecule has 1 saturated carbocycles. The van der Waals surface area contributed by atoms with Gasteiger partial charge >= 0.3 is 0 Å². The molecular weight excluding hydrogens is 492 g/mol. The third-order valence-corrected chi connectivity index (χ3v) is 8.55. The van der Waals surface area contributed by atoms with Crippen molar-refractivity contribution in [1.82, 2.24) is 30.2 Å². The largest absolute Gasteiger partial charge is 0.493 e. The first kappa shape index (κ1) is 22.5. The first-order valence-corrected chi connectivity index (χ1v) is 13.0. The van der Waals surface area contributed by atoms with Crippen molar-refractivity contribution in [3.8, 4) is 5.75 Å². The van der Waals surface area contributed by atoms with Crippen molar-refractivity contribution in [3.05, 3.63) is 58.7 Å². The number of ether oxygens (including phenoxy) is 1. The van der Waals surface area contributed by atoms with Gasteiger partial charge in [-0.15, -0.1) is 0 Å². The normalized spacial score (nSPS) is 24.3. The minimum atomic E-state index is -0.0795. The molecule has 9 nitrogen and oxygen atoms in total. The lowest BCUT2D eigenvalue weighted by molar-refractivity contribution is 0.0629. The Morgan fingerprint density at radius 2 is 1.59 bits per heavy atom. The van der Waals surface area contributed by atoms with Crippen LogP contribution in [0.25, 0.3) is 21.9 Å². The number of hydrogen-bond donors (Lipinski definition) is 1. The SMILES string of the molecule is CCOc1cc(C(=O)N2CC3C(C2)[C@@H]2CN(C(=O)c4ccc5n[nH]nc5c4)C[C@H]32)nc2cc(Cl)ccc12.[HH].[HH]. The van der Waals surface area contributed by atoms with Crippen molar-refractivity contribution < 1.29 is 17.2 Å². The highest BCUT2D eigenvalue weighted by atomic mass is 35.5. The van der Waals surface area contributed by atoms with E-state index >= 15 is 0 Å². The van der Waals surface area contributed by atoms with E-state index in [1.165, 1.54) is 0 Å². The highest BCUT2D eigenvalue weighted by Crippen LogP contribution is 2.54. The van der Waals surface area contributed by atoms with Crippen molar-refractivity contribution >= 4 is 45.4 Å². The highest BCUT2D eigenvalue weighted by molar-refractivity contribution is 6.31. The van der Waals surface area contributed by atoms with Gasteiger partial charge in [-0.1, -0.05) is 11.6 Å². The van der Waals surface area contributed by atoms with E-state index in [2.05, 4.69) is 20.4 Å². The molecular formula is C27H29ClN6O3. The van der Waals surface area contributed by atoms with Gasteiger partial charge in [0.25, 0.3) is 11.8 Å². The van der Waals surface area contributed by atoms with Crippen LogP contribution in [0.5, 0.6) is 5.75 Å². The van der Waals surface area contributed by atoms with Crippen LogP contribution in [0, 0.1) is 23.7 Å². The number of halogens is 1. The van der Waals surface area contributed by atoms with Gasteiger partial charge in [-0.05, 0) is 67.0 Å². The van der Waals surface area contributed by atoms with Crippen LogP contribution in [0.2, 0.25) is 5.02 Å². The molecule has 2 amide bonds. The summed E-state index contributed by atoms with van der Waals surface area (Å²) in [6.45, 7) is 5.25. The molecule has 0 spiro atoms. The van der Waals surface area contributed by atoms with E-state index in [-0.39, 0.29) is 14.7 Å². The molecule has 192 valence electrons. The van der Waals surface area contributed by atoms with E-state index in [9.17, 15) is 9.59 Å². The molecule has 4 aromatic rings. The predicted octanol–water partition coefficient (Wildman–Crippen LogP) is 4.14. The number of benzene rings is 2. The lowest BCUT2D eigenvalue weighted by Gasteiger charge is -2.42. The summed E-state index contributed by atoms with van der Waals surface area (Å²) < 4.78 is 5.82. The summed E-state index contributed by atoms with van der Waals surface area (Å²) in [6.07, 6.45) is 0. The topological polar surface area (TPSA) is 104 Å². The zero-order valence-electron chi connectivity index (χ0n) is 20.2. The molecule has 0 radical (unpaired) electrons. The molecule has 10 heteroatoms. The van der Waals surface area contributed by atoms with Crippen LogP contribution in [0.3, 0.4) is 0 Å². The van der Waals surface area contributed by atoms with Gasteiger partial charge in [-0.25, -0.2) is 4.98 Å². The molecule has 2 saturated heterocycles. The van der Waals surface area contributed by atoms with Gasteiger partial charge in [0.05, 0.1) is 12.1 Å². The van der Waals surface area contributed by atoms with Crippen molar-refractivity contribution in [3.63, 3.8) is 0 Å².